The number of allylic oxidation sites excluding steroid dienone is 8. The summed E-state index contributed by atoms with van der Waals surface area (Å²) in [4.78, 5) is 36.8. The molecule has 0 aliphatic heterocycles. The predicted molar refractivity (Wildman–Crippen MR) is 205 cm³/mol. The second-order valence-electron chi connectivity index (χ2n) is 14.2. The van der Waals surface area contributed by atoms with Gasteiger partial charge in [0.1, 0.15) is 13.2 Å². The molecule has 294 valence electrons. The third-order valence-corrected chi connectivity index (χ3v) is 8.06. The summed E-state index contributed by atoms with van der Waals surface area (Å²) < 4.78 is 22.4. The van der Waals surface area contributed by atoms with Gasteiger partial charge in [-0.05, 0) is 64.2 Å². The molecule has 0 aromatic carbocycles. The Hall–Kier alpha value is -2.75. The normalized spacial score (nSPS) is 13.5. The van der Waals surface area contributed by atoms with Gasteiger partial charge < -0.3 is 33.3 Å². The number of carbonyl (C=O) groups excluding carboxylic acids is 3. The molecule has 0 aliphatic rings. The lowest BCUT2D eigenvalue weighted by molar-refractivity contribution is -0.870. The molecule has 0 N–H and O–H groups in total. The molecule has 51 heavy (non-hydrogen) atoms. The first kappa shape index (κ1) is 48.2. The number of quaternary nitrogens is 1. The molecule has 0 aliphatic carbocycles. The van der Waals surface area contributed by atoms with Crippen molar-refractivity contribution in [2.24, 2.45) is 0 Å². The Morgan fingerprint density at radius 3 is 1.69 bits per heavy atom. The summed E-state index contributed by atoms with van der Waals surface area (Å²) in [5.74, 6) is -2.33. The highest BCUT2D eigenvalue weighted by atomic mass is 16.7. The van der Waals surface area contributed by atoms with E-state index in [0.717, 1.165) is 96.3 Å². The number of ether oxygens (including phenoxy) is 4. The molecule has 9 nitrogen and oxygen atoms in total. The van der Waals surface area contributed by atoms with Crippen LogP contribution in [0.3, 0.4) is 0 Å². The predicted octanol–water partition coefficient (Wildman–Crippen LogP) is 8.32. The van der Waals surface area contributed by atoms with Crippen LogP contribution < -0.4 is 5.11 Å². The third-order valence-electron chi connectivity index (χ3n) is 8.06. The second kappa shape index (κ2) is 34.3. The van der Waals surface area contributed by atoms with Crippen LogP contribution in [-0.4, -0.2) is 82.3 Å². The molecule has 0 radical (unpaired) electrons. The zero-order valence-corrected chi connectivity index (χ0v) is 33.0. The molecule has 0 spiro atoms. The molecule has 0 amide bonds. The Labute approximate surface area is 311 Å². The Balaban J connectivity index is 4.57. The highest BCUT2D eigenvalue weighted by molar-refractivity contribution is 5.70. The SMILES string of the molecule is CC/C=C\C/C=C\C/C=C\CCCCCCCC(=O)OC(COC(=O)CCCCCCC/C=C\CCCC)COC(OCC[N+](C)(C)C)C(=O)[O-]. The van der Waals surface area contributed by atoms with E-state index in [2.05, 4.69) is 62.5 Å². The number of hydrogen-bond donors (Lipinski definition) is 0. The fourth-order valence-corrected chi connectivity index (χ4v) is 4.94. The fraction of sp³-hybridized carbons (Fsp3) is 0.738. The summed E-state index contributed by atoms with van der Waals surface area (Å²) >= 11 is 0. The molecule has 0 aromatic heterocycles. The van der Waals surface area contributed by atoms with Gasteiger partial charge in [0.05, 0.1) is 40.3 Å². The van der Waals surface area contributed by atoms with Crippen molar-refractivity contribution >= 4 is 17.9 Å². The van der Waals surface area contributed by atoms with Gasteiger partial charge in [-0.25, -0.2) is 0 Å². The molecular weight excluding hydrogens is 646 g/mol. The molecule has 0 rings (SSSR count). The zero-order chi connectivity index (χ0) is 37.8. The summed E-state index contributed by atoms with van der Waals surface area (Å²) in [6, 6.07) is 0. The lowest BCUT2D eigenvalue weighted by Gasteiger charge is -2.26. The largest absolute Gasteiger partial charge is 0.545 e. The van der Waals surface area contributed by atoms with Crippen molar-refractivity contribution < 1.29 is 42.9 Å². The second-order valence-corrected chi connectivity index (χ2v) is 14.2. The number of likely N-dealkylation sites (N-methyl/N-ethyl adjacent to an activating group) is 1. The summed E-state index contributed by atoms with van der Waals surface area (Å²) in [6.07, 6.45) is 34.3. The van der Waals surface area contributed by atoms with Crippen molar-refractivity contribution in [2.45, 2.75) is 155 Å². The number of hydrogen-bond acceptors (Lipinski definition) is 8. The van der Waals surface area contributed by atoms with E-state index in [0.29, 0.717) is 17.4 Å². The van der Waals surface area contributed by atoms with Gasteiger partial charge in [-0.15, -0.1) is 0 Å². The van der Waals surface area contributed by atoms with Crippen LogP contribution in [0, 0.1) is 0 Å². The molecule has 0 aromatic rings. The molecule has 0 fully saturated rings. The number of nitrogens with zero attached hydrogens (tertiary/aromatic N) is 1. The third kappa shape index (κ3) is 35.4. The first-order chi connectivity index (χ1) is 24.6. The number of aliphatic carboxylic acids is 1. The van der Waals surface area contributed by atoms with Crippen LogP contribution in [0.4, 0.5) is 0 Å². The smallest absolute Gasteiger partial charge is 0.306 e. The van der Waals surface area contributed by atoms with E-state index >= 15 is 0 Å². The van der Waals surface area contributed by atoms with Crippen LogP contribution in [0.2, 0.25) is 0 Å². The minimum atomic E-state index is -1.63. The molecule has 2 unspecified atom stereocenters. The quantitative estimate of drug-likeness (QED) is 0.0211. The number of unbranched alkanes of at least 4 members (excludes halogenated alkanes) is 12. The average Bonchev–Trinajstić information content (AvgIpc) is 3.08. The maximum Gasteiger partial charge on any atom is 0.306 e. The molecule has 0 saturated carbocycles. The number of carbonyl (C=O) groups is 3. The van der Waals surface area contributed by atoms with Gasteiger partial charge in [0, 0.05) is 12.8 Å². The summed E-state index contributed by atoms with van der Waals surface area (Å²) in [6.45, 7) is 4.52. The highest BCUT2D eigenvalue weighted by Gasteiger charge is 2.21. The van der Waals surface area contributed by atoms with E-state index in [1.807, 2.05) is 21.1 Å². The Kier molecular flexibility index (Phi) is 32.5. The lowest BCUT2D eigenvalue weighted by atomic mass is 10.1. The van der Waals surface area contributed by atoms with Gasteiger partial charge in [0.15, 0.2) is 12.4 Å². The van der Waals surface area contributed by atoms with Crippen LogP contribution in [0.1, 0.15) is 142 Å². The van der Waals surface area contributed by atoms with Gasteiger partial charge in [0.2, 0.25) is 0 Å². The van der Waals surface area contributed by atoms with Crippen molar-refractivity contribution in [3.05, 3.63) is 48.6 Å². The molecule has 0 heterocycles. The average molecular weight is 720 g/mol. The van der Waals surface area contributed by atoms with E-state index in [1.54, 1.807) is 0 Å². The molecule has 0 saturated heterocycles. The maximum atomic E-state index is 12.7. The standard InChI is InChI=1S/C42H73NO8/c1-6-8-10-12-14-16-18-19-20-21-23-25-27-29-31-33-40(45)51-38(37-50-42(41(46)47)48-35-34-43(3,4)5)36-49-39(44)32-30-28-26-24-22-17-15-13-11-9-7-2/h8,10,13-16,19-20,38,42H,6-7,9,11-12,17-18,21-37H2,1-5H3/b10-8-,15-13-,16-14-,20-19-. The summed E-state index contributed by atoms with van der Waals surface area (Å²) in [5.41, 5.74) is 0. The Morgan fingerprint density at radius 2 is 1.12 bits per heavy atom. The van der Waals surface area contributed by atoms with Gasteiger partial charge in [-0.3, -0.25) is 9.59 Å². The van der Waals surface area contributed by atoms with E-state index < -0.39 is 24.3 Å². The molecule has 2 atom stereocenters. The van der Waals surface area contributed by atoms with Crippen LogP contribution in [0.25, 0.3) is 0 Å². The van der Waals surface area contributed by atoms with E-state index in [9.17, 15) is 19.5 Å². The topological polar surface area (TPSA) is 111 Å². The summed E-state index contributed by atoms with van der Waals surface area (Å²) in [5, 5.41) is 11.6. The van der Waals surface area contributed by atoms with Gasteiger partial charge in [-0.1, -0.05) is 114 Å². The summed E-state index contributed by atoms with van der Waals surface area (Å²) in [7, 11) is 5.88. The van der Waals surface area contributed by atoms with E-state index in [-0.39, 0.29) is 38.6 Å². The van der Waals surface area contributed by atoms with Crippen LogP contribution in [-0.2, 0) is 33.3 Å². The molecular formula is C42H73NO8. The van der Waals surface area contributed by atoms with Crippen molar-refractivity contribution in [2.75, 3.05) is 47.5 Å². The first-order valence-electron chi connectivity index (χ1n) is 19.8. The van der Waals surface area contributed by atoms with Gasteiger partial charge >= 0.3 is 11.9 Å². The monoisotopic (exact) mass is 720 g/mol. The minimum Gasteiger partial charge on any atom is -0.545 e. The number of rotatable bonds is 35. The first-order valence-corrected chi connectivity index (χ1v) is 19.8. The van der Waals surface area contributed by atoms with Crippen molar-refractivity contribution in [1.29, 1.82) is 0 Å². The number of carboxylic acids is 1. The van der Waals surface area contributed by atoms with Crippen LogP contribution in [0.5, 0.6) is 0 Å². The Morgan fingerprint density at radius 1 is 0.608 bits per heavy atom. The van der Waals surface area contributed by atoms with Crippen LogP contribution in [0.15, 0.2) is 48.6 Å². The zero-order valence-electron chi connectivity index (χ0n) is 33.0. The van der Waals surface area contributed by atoms with Crippen molar-refractivity contribution in [3.63, 3.8) is 0 Å². The number of esters is 2. The minimum absolute atomic E-state index is 0.141. The van der Waals surface area contributed by atoms with Gasteiger partial charge in [-0.2, -0.15) is 0 Å². The number of carboxylic acid groups (broad SMARTS) is 1. The van der Waals surface area contributed by atoms with E-state index in [1.165, 1.54) is 12.8 Å². The lowest BCUT2D eigenvalue weighted by Crippen LogP contribution is -2.44. The highest BCUT2D eigenvalue weighted by Crippen LogP contribution is 2.12. The fourth-order valence-electron chi connectivity index (χ4n) is 4.94. The molecule has 0 bridgehead atoms. The van der Waals surface area contributed by atoms with Crippen molar-refractivity contribution in [3.8, 4) is 0 Å². The van der Waals surface area contributed by atoms with Crippen molar-refractivity contribution in [1.82, 2.24) is 0 Å². The van der Waals surface area contributed by atoms with Gasteiger partial charge in [0.25, 0.3) is 0 Å². The Bertz CT molecular complexity index is 982. The molecule has 9 heteroatoms. The maximum absolute atomic E-state index is 12.7. The van der Waals surface area contributed by atoms with E-state index in [4.69, 9.17) is 18.9 Å². The van der Waals surface area contributed by atoms with Crippen LogP contribution >= 0.6 is 0 Å².